The lowest BCUT2D eigenvalue weighted by Crippen LogP contribution is -2.32. The van der Waals surface area contributed by atoms with Crippen LogP contribution in [0.1, 0.15) is 22.3 Å². The van der Waals surface area contributed by atoms with Crippen LogP contribution in [0.25, 0.3) is 5.57 Å². The number of imide groups is 1. The summed E-state index contributed by atoms with van der Waals surface area (Å²) in [5.41, 5.74) is 4.73. The number of nitrogens with zero attached hydrogens (tertiary/aromatic N) is 1. The van der Waals surface area contributed by atoms with Gasteiger partial charge in [-0.1, -0.05) is 35.9 Å². The van der Waals surface area contributed by atoms with E-state index in [1.54, 1.807) is 24.3 Å². The average molecular weight is 435 g/mol. The highest BCUT2D eigenvalue weighted by atomic mass is 35.5. The Balaban J connectivity index is 1.83. The zero-order chi connectivity index (χ0) is 22.3. The van der Waals surface area contributed by atoms with Crippen LogP contribution in [0.2, 0.25) is 5.02 Å². The van der Waals surface area contributed by atoms with E-state index in [0.29, 0.717) is 22.0 Å². The summed E-state index contributed by atoms with van der Waals surface area (Å²) in [6, 6.07) is 16.2. The molecule has 4 rings (SSSR count). The van der Waals surface area contributed by atoms with Gasteiger partial charge in [0, 0.05) is 10.7 Å². The van der Waals surface area contributed by atoms with Crippen LogP contribution in [0.5, 0.6) is 0 Å². The fourth-order valence-electron chi connectivity index (χ4n) is 3.44. The molecule has 0 bridgehead atoms. The lowest BCUT2D eigenvalue weighted by Gasteiger charge is -2.17. The van der Waals surface area contributed by atoms with Crippen LogP contribution >= 0.6 is 11.6 Å². The van der Waals surface area contributed by atoms with Crippen molar-refractivity contribution >= 4 is 40.4 Å². The molecule has 156 valence electrons. The first-order chi connectivity index (χ1) is 14.8. The molecule has 0 saturated carbocycles. The van der Waals surface area contributed by atoms with Crippen LogP contribution in [0.15, 0.2) is 66.4 Å². The molecule has 4 nitrogen and oxygen atoms in total. The molecule has 1 aliphatic heterocycles. The SMILES string of the molecule is Cc1ccc(N2C(=O)C(Nc3ccc(C)c(Cl)c3)=C(c3ccc(F)cc3)C2=O)cc1C. The number of aryl methyl sites for hydroxylation is 3. The number of carbonyl (C=O) groups excluding carboxylic acids is 2. The molecule has 1 heterocycles. The Kier molecular flexibility index (Phi) is 5.38. The number of carbonyl (C=O) groups is 2. The summed E-state index contributed by atoms with van der Waals surface area (Å²) in [4.78, 5) is 27.9. The molecule has 0 atom stereocenters. The number of amides is 2. The van der Waals surface area contributed by atoms with Gasteiger partial charge in [0.05, 0.1) is 11.3 Å². The normalized spacial score (nSPS) is 13.9. The molecule has 1 aliphatic rings. The third-order valence-electron chi connectivity index (χ3n) is 5.41. The Morgan fingerprint density at radius 1 is 0.806 bits per heavy atom. The van der Waals surface area contributed by atoms with E-state index in [9.17, 15) is 14.0 Å². The van der Waals surface area contributed by atoms with Crippen LogP contribution in [0, 0.1) is 26.6 Å². The molecule has 0 aliphatic carbocycles. The first-order valence-electron chi connectivity index (χ1n) is 9.75. The summed E-state index contributed by atoms with van der Waals surface area (Å²) in [7, 11) is 0. The van der Waals surface area contributed by atoms with Gasteiger partial charge in [0.25, 0.3) is 11.8 Å². The number of hydrogen-bond acceptors (Lipinski definition) is 3. The van der Waals surface area contributed by atoms with E-state index in [1.807, 2.05) is 32.9 Å². The first-order valence-corrected chi connectivity index (χ1v) is 10.1. The second kappa shape index (κ2) is 8.00. The number of rotatable bonds is 4. The molecule has 0 spiro atoms. The number of anilines is 2. The lowest BCUT2D eigenvalue weighted by molar-refractivity contribution is -0.120. The van der Waals surface area contributed by atoms with Gasteiger partial charge in [-0.3, -0.25) is 9.59 Å². The second-order valence-corrected chi connectivity index (χ2v) is 7.97. The number of halogens is 2. The molecule has 0 radical (unpaired) electrons. The highest BCUT2D eigenvalue weighted by Gasteiger charge is 2.40. The molecule has 3 aromatic rings. The highest BCUT2D eigenvalue weighted by molar-refractivity contribution is 6.46. The molecule has 3 aromatic carbocycles. The van der Waals surface area contributed by atoms with Crippen molar-refractivity contribution in [2.24, 2.45) is 0 Å². The Bertz CT molecular complexity index is 1250. The van der Waals surface area contributed by atoms with Gasteiger partial charge in [0.1, 0.15) is 11.5 Å². The van der Waals surface area contributed by atoms with Crippen molar-refractivity contribution in [1.29, 1.82) is 0 Å². The molecule has 0 unspecified atom stereocenters. The Labute approximate surface area is 185 Å². The number of benzene rings is 3. The van der Waals surface area contributed by atoms with Crippen molar-refractivity contribution in [3.8, 4) is 0 Å². The van der Waals surface area contributed by atoms with E-state index in [-0.39, 0.29) is 11.3 Å². The minimum Gasteiger partial charge on any atom is -0.350 e. The summed E-state index contributed by atoms with van der Waals surface area (Å²) in [6.07, 6.45) is 0. The van der Waals surface area contributed by atoms with Crippen molar-refractivity contribution in [2.45, 2.75) is 20.8 Å². The van der Waals surface area contributed by atoms with Gasteiger partial charge in [-0.2, -0.15) is 0 Å². The Morgan fingerprint density at radius 2 is 1.48 bits per heavy atom. The summed E-state index contributed by atoms with van der Waals surface area (Å²) >= 11 is 6.23. The molecule has 6 heteroatoms. The minimum atomic E-state index is -0.482. The molecular formula is C25H20ClFN2O2. The van der Waals surface area contributed by atoms with Gasteiger partial charge in [-0.15, -0.1) is 0 Å². The van der Waals surface area contributed by atoms with E-state index < -0.39 is 17.6 Å². The van der Waals surface area contributed by atoms with Gasteiger partial charge in [0.15, 0.2) is 0 Å². The molecule has 2 amide bonds. The van der Waals surface area contributed by atoms with E-state index in [2.05, 4.69) is 5.32 Å². The lowest BCUT2D eigenvalue weighted by atomic mass is 10.0. The van der Waals surface area contributed by atoms with E-state index >= 15 is 0 Å². The van der Waals surface area contributed by atoms with Crippen LogP contribution in [0.4, 0.5) is 15.8 Å². The van der Waals surface area contributed by atoms with Crippen molar-refractivity contribution < 1.29 is 14.0 Å². The van der Waals surface area contributed by atoms with E-state index in [4.69, 9.17) is 11.6 Å². The average Bonchev–Trinajstić information content (AvgIpc) is 2.97. The van der Waals surface area contributed by atoms with Gasteiger partial charge in [-0.05, 0) is 79.4 Å². The maximum Gasteiger partial charge on any atom is 0.282 e. The molecule has 0 saturated heterocycles. The zero-order valence-corrected chi connectivity index (χ0v) is 18.0. The largest absolute Gasteiger partial charge is 0.350 e. The summed E-state index contributed by atoms with van der Waals surface area (Å²) in [6.45, 7) is 5.76. The fraction of sp³-hybridized carbons (Fsp3) is 0.120. The zero-order valence-electron chi connectivity index (χ0n) is 17.3. The Morgan fingerprint density at radius 3 is 2.13 bits per heavy atom. The predicted octanol–water partition coefficient (Wildman–Crippen LogP) is 5.80. The minimum absolute atomic E-state index is 0.120. The van der Waals surface area contributed by atoms with Gasteiger partial charge in [0.2, 0.25) is 0 Å². The maximum absolute atomic E-state index is 13.5. The van der Waals surface area contributed by atoms with Crippen LogP contribution in [-0.2, 0) is 9.59 Å². The van der Waals surface area contributed by atoms with Crippen molar-refractivity contribution in [1.82, 2.24) is 0 Å². The standard InChI is InChI=1S/C25H20ClFN2O2/c1-14-5-11-20(12-16(14)3)29-24(30)22(17-6-8-18(27)9-7-17)23(25(29)31)28-19-10-4-15(2)21(26)13-19/h4-13,28H,1-3H3. The fourth-order valence-corrected chi connectivity index (χ4v) is 3.62. The van der Waals surface area contributed by atoms with E-state index in [1.165, 1.54) is 24.3 Å². The molecular weight excluding hydrogens is 415 g/mol. The van der Waals surface area contributed by atoms with E-state index in [0.717, 1.165) is 21.6 Å². The summed E-state index contributed by atoms with van der Waals surface area (Å²) in [5, 5.41) is 3.61. The smallest absolute Gasteiger partial charge is 0.282 e. The predicted molar refractivity (Wildman–Crippen MR) is 122 cm³/mol. The molecule has 0 fully saturated rings. The van der Waals surface area contributed by atoms with Gasteiger partial charge >= 0.3 is 0 Å². The molecule has 31 heavy (non-hydrogen) atoms. The van der Waals surface area contributed by atoms with Crippen LogP contribution in [-0.4, -0.2) is 11.8 Å². The quantitative estimate of drug-likeness (QED) is 0.528. The number of nitrogens with one attached hydrogen (secondary N) is 1. The van der Waals surface area contributed by atoms with Crippen LogP contribution in [0.3, 0.4) is 0 Å². The number of hydrogen-bond donors (Lipinski definition) is 1. The van der Waals surface area contributed by atoms with Crippen LogP contribution < -0.4 is 10.2 Å². The van der Waals surface area contributed by atoms with Crippen molar-refractivity contribution in [3.63, 3.8) is 0 Å². The summed E-state index contributed by atoms with van der Waals surface area (Å²) in [5.74, 6) is -1.38. The third-order valence-corrected chi connectivity index (χ3v) is 5.81. The molecule has 0 aromatic heterocycles. The topological polar surface area (TPSA) is 49.4 Å². The maximum atomic E-state index is 13.5. The summed E-state index contributed by atoms with van der Waals surface area (Å²) < 4.78 is 13.5. The van der Waals surface area contributed by atoms with Gasteiger partial charge in [-0.25, -0.2) is 9.29 Å². The van der Waals surface area contributed by atoms with Gasteiger partial charge < -0.3 is 5.32 Å². The molecule has 1 N–H and O–H groups in total. The van der Waals surface area contributed by atoms with Crippen molar-refractivity contribution in [3.05, 3.63) is 99.5 Å². The Hall–Kier alpha value is -3.44. The highest BCUT2D eigenvalue weighted by Crippen LogP contribution is 2.35. The first kappa shape index (κ1) is 20.8. The monoisotopic (exact) mass is 434 g/mol. The second-order valence-electron chi connectivity index (χ2n) is 7.56. The third kappa shape index (κ3) is 3.84. The van der Waals surface area contributed by atoms with Crippen molar-refractivity contribution in [2.75, 3.05) is 10.2 Å².